The smallest absolute Gasteiger partial charge is 0.315 e. The van der Waals surface area contributed by atoms with Gasteiger partial charge in [-0.2, -0.15) is 84.9 Å². The van der Waals surface area contributed by atoms with Gasteiger partial charge in [0.25, 0.3) is 6.33 Å². The second-order valence-corrected chi connectivity index (χ2v) is 11.7. The summed E-state index contributed by atoms with van der Waals surface area (Å²) < 4.78 is 4.14. The topological polar surface area (TPSA) is 8.81 Å². The van der Waals surface area contributed by atoms with Crippen LogP contribution in [0, 0.1) is 31.5 Å². The molecule has 0 bridgehead atoms. The van der Waals surface area contributed by atoms with Crippen molar-refractivity contribution in [1.29, 1.82) is 0 Å². The molecular weight excluding hydrogens is 764 g/mol. The van der Waals surface area contributed by atoms with E-state index < -0.39 is 0 Å². The number of hydrogen-bond acceptors (Lipinski definition) is 0. The monoisotopic (exact) mass is 794 g/mol. The second kappa shape index (κ2) is 13.4. The Balaban J connectivity index is 0.000000150. The molecule has 0 N–H and O–H groups in total. The standard InChI is InChI=1S/C25H16.C20H15N2.Pt/c1-3-11-19(12-4-1)25(20-13-5-2-6-14-20)23-17-9-7-15-21(23)22-16-8-10-18-24(22)25;1-16-11-13-18(14-12-16)22-15-21(17-7-3-2-4-8-17)19-9-5-6-10-20(19)22;/h1-13,15-17H;2-7,9-14H,1H3;/q-2;-1;+4. The molecule has 1 heterocycles. The molecule has 7 aromatic carbocycles. The second-order valence-electron chi connectivity index (χ2n) is 11.7. The molecule has 1 aliphatic carbocycles. The van der Waals surface area contributed by atoms with E-state index in [9.17, 15) is 0 Å². The maximum absolute atomic E-state index is 3.56. The van der Waals surface area contributed by atoms with Gasteiger partial charge < -0.3 is 4.57 Å². The van der Waals surface area contributed by atoms with Crippen LogP contribution in [0.3, 0.4) is 0 Å². The minimum Gasteiger partial charge on any atom is -0.315 e. The van der Waals surface area contributed by atoms with Gasteiger partial charge in [-0.05, 0) is 35.9 Å². The van der Waals surface area contributed by atoms with Crippen LogP contribution in [0.15, 0.2) is 170 Å². The van der Waals surface area contributed by atoms with Crippen molar-refractivity contribution in [2.45, 2.75) is 12.3 Å². The maximum atomic E-state index is 3.56. The zero-order chi connectivity index (χ0) is 31.6. The SMILES string of the molecule is Cc1ccc(-[n+]2[c-]n(-c3[c-]cccc3)c3ccccc32)cc1.[Pt+4].[c-]1ccccc1C1(c2ccccc2)c2[c-]cccc2-c2ccccc21. The normalized spacial score (nSPS) is 14.3. The minimum atomic E-state index is -0.365. The van der Waals surface area contributed by atoms with Crippen molar-refractivity contribution in [2.75, 3.05) is 0 Å². The van der Waals surface area contributed by atoms with E-state index in [1.54, 1.807) is 0 Å². The molecule has 0 spiro atoms. The van der Waals surface area contributed by atoms with Crippen molar-refractivity contribution in [3.63, 3.8) is 0 Å². The largest absolute Gasteiger partial charge is 4.00 e. The number of hydrogen-bond donors (Lipinski definition) is 0. The molecule has 1 unspecified atom stereocenters. The first-order valence-corrected chi connectivity index (χ1v) is 15.9. The fourth-order valence-electron chi connectivity index (χ4n) is 6.85. The molecule has 0 saturated carbocycles. The van der Waals surface area contributed by atoms with E-state index in [1.165, 1.54) is 33.4 Å². The molecule has 0 fully saturated rings. The van der Waals surface area contributed by atoms with Gasteiger partial charge in [0.2, 0.25) is 0 Å². The Bertz CT molecular complexity index is 2200. The molecule has 230 valence electrons. The Morgan fingerprint density at radius 1 is 0.562 bits per heavy atom. The Morgan fingerprint density at radius 2 is 1.23 bits per heavy atom. The molecule has 48 heavy (non-hydrogen) atoms. The van der Waals surface area contributed by atoms with Crippen LogP contribution in [-0.2, 0) is 26.5 Å². The zero-order valence-corrected chi connectivity index (χ0v) is 28.6. The molecule has 0 radical (unpaired) electrons. The van der Waals surface area contributed by atoms with Crippen LogP contribution in [0.5, 0.6) is 0 Å². The third kappa shape index (κ3) is 5.33. The first-order valence-electron chi connectivity index (χ1n) is 15.9. The van der Waals surface area contributed by atoms with Gasteiger partial charge >= 0.3 is 21.1 Å². The number of fused-ring (bicyclic) bond motifs is 4. The van der Waals surface area contributed by atoms with Crippen LogP contribution in [-0.4, -0.2) is 4.57 Å². The third-order valence-corrected chi connectivity index (χ3v) is 8.96. The molecule has 2 nitrogen and oxygen atoms in total. The summed E-state index contributed by atoms with van der Waals surface area (Å²) in [6.07, 6.45) is 3.44. The minimum absolute atomic E-state index is 0. The van der Waals surface area contributed by atoms with Crippen molar-refractivity contribution >= 4 is 11.0 Å². The van der Waals surface area contributed by atoms with Crippen molar-refractivity contribution < 1.29 is 25.6 Å². The molecular formula is C45H31N2Pt+. The fourth-order valence-corrected chi connectivity index (χ4v) is 6.85. The van der Waals surface area contributed by atoms with Gasteiger partial charge in [-0.3, -0.25) is 4.57 Å². The summed E-state index contributed by atoms with van der Waals surface area (Å²) >= 11 is 0. The molecule has 0 saturated heterocycles. The summed E-state index contributed by atoms with van der Waals surface area (Å²) in [5.74, 6) is 0. The van der Waals surface area contributed by atoms with Gasteiger partial charge in [0.05, 0.1) is 16.7 Å². The van der Waals surface area contributed by atoms with Crippen LogP contribution in [0.2, 0.25) is 0 Å². The van der Waals surface area contributed by atoms with Gasteiger partial charge in [0.15, 0.2) is 0 Å². The van der Waals surface area contributed by atoms with E-state index in [1.807, 2.05) is 42.5 Å². The summed E-state index contributed by atoms with van der Waals surface area (Å²) in [5.41, 5.74) is 12.7. The first kappa shape index (κ1) is 31.3. The van der Waals surface area contributed by atoms with Gasteiger partial charge in [-0.1, -0.05) is 102 Å². The van der Waals surface area contributed by atoms with Gasteiger partial charge in [-0.15, -0.1) is 16.7 Å². The van der Waals surface area contributed by atoms with Gasteiger partial charge in [0, 0.05) is 5.41 Å². The van der Waals surface area contributed by atoms with E-state index in [-0.39, 0.29) is 26.5 Å². The molecule has 9 rings (SSSR count). The molecule has 3 heteroatoms. The number of benzene rings is 7. The van der Waals surface area contributed by atoms with Crippen LogP contribution in [0.1, 0.15) is 27.8 Å². The molecule has 0 amide bonds. The average molecular weight is 795 g/mol. The van der Waals surface area contributed by atoms with E-state index in [0.29, 0.717) is 0 Å². The molecule has 1 aliphatic rings. The van der Waals surface area contributed by atoms with Crippen LogP contribution in [0.25, 0.3) is 33.5 Å². The summed E-state index contributed by atoms with van der Waals surface area (Å²) in [6.45, 7) is 2.10. The summed E-state index contributed by atoms with van der Waals surface area (Å²) in [4.78, 5) is 0. The summed E-state index contributed by atoms with van der Waals surface area (Å²) in [6, 6.07) is 69.2. The van der Waals surface area contributed by atoms with Crippen LogP contribution < -0.4 is 4.57 Å². The van der Waals surface area contributed by atoms with E-state index in [0.717, 1.165) is 28.0 Å². The van der Waals surface area contributed by atoms with Crippen molar-refractivity contribution in [3.8, 4) is 22.5 Å². The van der Waals surface area contributed by atoms with Crippen molar-refractivity contribution in [1.82, 2.24) is 4.57 Å². The number of nitrogens with zero attached hydrogens (tertiary/aromatic N) is 2. The zero-order valence-electron chi connectivity index (χ0n) is 26.4. The maximum Gasteiger partial charge on any atom is 4.00 e. The Morgan fingerprint density at radius 3 is 2.00 bits per heavy atom. The average Bonchev–Trinajstić information content (AvgIpc) is 3.68. The van der Waals surface area contributed by atoms with E-state index >= 15 is 0 Å². The third-order valence-electron chi connectivity index (χ3n) is 8.96. The Hall–Kier alpha value is -5.30. The van der Waals surface area contributed by atoms with Gasteiger partial charge in [0.1, 0.15) is 0 Å². The quantitative estimate of drug-likeness (QED) is 0.124. The molecule has 0 aliphatic heterocycles. The Labute approximate surface area is 296 Å². The first-order chi connectivity index (χ1) is 23.2. The number of rotatable bonds is 4. The number of para-hydroxylation sites is 3. The number of aryl methyl sites for hydroxylation is 1. The van der Waals surface area contributed by atoms with Crippen LogP contribution >= 0.6 is 0 Å². The van der Waals surface area contributed by atoms with Gasteiger partial charge in [-0.25, -0.2) is 0 Å². The molecule has 1 atom stereocenters. The molecule has 1 aromatic heterocycles. The van der Waals surface area contributed by atoms with Crippen molar-refractivity contribution in [2.24, 2.45) is 0 Å². The van der Waals surface area contributed by atoms with Crippen molar-refractivity contribution in [3.05, 3.63) is 222 Å². The van der Waals surface area contributed by atoms with E-state index in [2.05, 4.69) is 168 Å². The number of aromatic nitrogens is 2. The molecule has 8 aromatic rings. The van der Waals surface area contributed by atoms with Crippen LogP contribution in [0.4, 0.5) is 0 Å². The number of imidazole rings is 1. The predicted octanol–water partition coefficient (Wildman–Crippen LogP) is 9.46. The summed E-state index contributed by atoms with van der Waals surface area (Å²) in [5, 5.41) is 0. The summed E-state index contributed by atoms with van der Waals surface area (Å²) in [7, 11) is 0. The fraction of sp³-hybridized carbons (Fsp3) is 0.0444. The van der Waals surface area contributed by atoms with E-state index in [4.69, 9.17) is 0 Å². The predicted molar refractivity (Wildman–Crippen MR) is 189 cm³/mol. The Kier molecular flexibility index (Phi) is 8.76.